The van der Waals surface area contributed by atoms with Crippen LogP contribution in [0.3, 0.4) is 0 Å². The average molecular weight is 474 g/mol. The Morgan fingerprint density at radius 1 is 1.12 bits per heavy atom. The fourth-order valence-corrected chi connectivity index (χ4v) is 3.42. The van der Waals surface area contributed by atoms with E-state index in [1.54, 1.807) is 18.2 Å². The van der Waals surface area contributed by atoms with Gasteiger partial charge in [-0.25, -0.2) is 9.78 Å². The van der Waals surface area contributed by atoms with Gasteiger partial charge in [0, 0.05) is 23.3 Å². The number of aromatic hydroxyl groups is 1. The molecule has 3 rings (SSSR count). The number of carboxylic acids is 1. The van der Waals surface area contributed by atoms with Crippen LogP contribution in [0, 0.1) is 10.1 Å². The highest BCUT2D eigenvalue weighted by molar-refractivity contribution is 8.04. The molecule has 33 heavy (non-hydrogen) atoms. The van der Waals surface area contributed by atoms with Crippen LogP contribution in [-0.4, -0.2) is 57.6 Å². The van der Waals surface area contributed by atoms with Crippen LogP contribution in [0.2, 0.25) is 0 Å². The molecule has 0 aliphatic heterocycles. The molecule has 0 bridgehead atoms. The van der Waals surface area contributed by atoms with E-state index in [-0.39, 0.29) is 27.1 Å². The van der Waals surface area contributed by atoms with E-state index in [2.05, 4.69) is 15.2 Å². The fourth-order valence-electron chi connectivity index (χ4n) is 2.73. The van der Waals surface area contributed by atoms with E-state index < -0.39 is 16.6 Å². The van der Waals surface area contributed by atoms with Crippen molar-refractivity contribution in [1.82, 2.24) is 15.2 Å². The molecule has 0 spiro atoms. The topological polar surface area (TPSA) is 170 Å². The van der Waals surface area contributed by atoms with Crippen molar-refractivity contribution in [2.75, 3.05) is 21.3 Å². The minimum atomic E-state index is -1.35. The van der Waals surface area contributed by atoms with Gasteiger partial charge in [0.15, 0.2) is 17.3 Å². The lowest BCUT2D eigenvalue weighted by molar-refractivity contribution is -0.385. The molecule has 0 unspecified atom stereocenters. The number of hydrogen-bond donors (Lipinski definition) is 3. The molecule has 3 N–H and O–H groups in total. The second-order valence-electron chi connectivity index (χ2n) is 6.33. The summed E-state index contributed by atoms with van der Waals surface area (Å²) >= 11 is 0.687. The summed E-state index contributed by atoms with van der Waals surface area (Å²) in [6, 6.07) is 7.13. The monoisotopic (exact) mass is 474 g/mol. The van der Waals surface area contributed by atoms with Crippen LogP contribution in [0.5, 0.6) is 23.0 Å². The summed E-state index contributed by atoms with van der Waals surface area (Å²) in [4.78, 5) is 26.3. The number of nitro groups is 1. The maximum atomic E-state index is 11.8. The third-order valence-corrected chi connectivity index (χ3v) is 5.19. The molecule has 12 nitrogen and oxygen atoms in total. The lowest BCUT2D eigenvalue weighted by Crippen LogP contribution is -1.98. The maximum Gasteiger partial charge on any atom is 0.342 e. The molecular formula is C20H18N4O8S. The molecular weight excluding hydrogens is 456 g/mol. The molecule has 172 valence electrons. The normalized spacial score (nSPS) is 11.2. The van der Waals surface area contributed by atoms with Crippen LogP contribution in [0.15, 0.2) is 40.4 Å². The molecule has 2 aromatic carbocycles. The van der Waals surface area contributed by atoms with E-state index >= 15 is 0 Å². The predicted molar refractivity (Wildman–Crippen MR) is 118 cm³/mol. The molecule has 13 heteroatoms. The zero-order chi connectivity index (χ0) is 24.1. The summed E-state index contributed by atoms with van der Waals surface area (Å²) < 4.78 is 15.4. The van der Waals surface area contributed by atoms with Gasteiger partial charge in [-0.1, -0.05) is 0 Å². The highest BCUT2D eigenvalue weighted by atomic mass is 32.2. The van der Waals surface area contributed by atoms with Crippen LogP contribution in [0.4, 0.5) is 5.69 Å². The Balaban J connectivity index is 1.97. The number of benzene rings is 2. The third-order valence-electron chi connectivity index (χ3n) is 4.31. The number of nitro benzene ring substituents is 1. The summed E-state index contributed by atoms with van der Waals surface area (Å²) in [7, 11) is 4.23. The van der Waals surface area contributed by atoms with Crippen molar-refractivity contribution in [2.45, 2.75) is 5.16 Å². The fraction of sp³-hybridized carbons (Fsp3) is 0.150. The minimum Gasteiger partial charge on any atom is -0.504 e. The van der Waals surface area contributed by atoms with Gasteiger partial charge in [-0.05, 0) is 30.0 Å². The number of phenols is 1. The van der Waals surface area contributed by atoms with Crippen LogP contribution in [-0.2, 0) is 4.79 Å². The van der Waals surface area contributed by atoms with E-state index in [9.17, 15) is 25.1 Å². The van der Waals surface area contributed by atoms with Gasteiger partial charge in [-0.15, -0.1) is 5.10 Å². The minimum absolute atomic E-state index is 0.0670. The van der Waals surface area contributed by atoms with E-state index in [1.165, 1.54) is 21.3 Å². The van der Waals surface area contributed by atoms with E-state index in [0.29, 0.717) is 34.6 Å². The van der Waals surface area contributed by atoms with Gasteiger partial charge in [0.25, 0.3) is 5.69 Å². The van der Waals surface area contributed by atoms with Crippen LogP contribution in [0.1, 0.15) is 5.56 Å². The second-order valence-corrected chi connectivity index (χ2v) is 7.34. The Bertz CT molecular complexity index is 1220. The Morgan fingerprint density at radius 3 is 2.33 bits per heavy atom. The van der Waals surface area contributed by atoms with E-state index in [4.69, 9.17) is 14.2 Å². The van der Waals surface area contributed by atoms with Crippen molar-refractivity contribution in [1.29, 1.82) is 0 Å². The van der Waals surface area contributed by atoms with Crippen molar-refractivity contribution >= 4 is 29.5 Å². The van der Waals surface area contributed by atoms with E-state index in [0.717, 1.165) is 18.2 Å². The lowest BCUT2D eigenvalue weighted by atomic mass is 10.1. The molecule has 0 atom stereocenters. The predicted octanol–water partition coefficient (Wildman–Crippen LogP) is 3.33. The van der Waals surface area contributed by atoms with Crippen molar-refractivity contribution in [2.24, 2.45) is 0 Å². The molecule has 0 amide bonds. The molecule has 1 aromatic heterocycles. The van der Waals surface area contributed by atoms with Crippen LogP contribution < -0.4 is 14.2 Å². The van der Waals surface area contributed by atoms with Gasteiger partial charge in [0.1, 0.15) is 16.4 Å². The van der Waals surface area contributed by atoms with Gasteiger partial charge < -0.3 is 24.4 Å². The maximum absolute atomic E-state index is 11.8. The number of aromatic nitrogens is 3. The first-order valence-electron chi connectivity index (χ1n) is 9.09. The smallest absolute Gasteiger partial charge is 0.342 e. The van der Waals surface area contributed by atoms with Gasteiger partial charge in [-0.2, -0.15) is 0 Å². The molecule has 0 radical (unpaired) electrons. The lowest BCUT2D eigenvalue weighted by Gasteiger charge is -2.07. The van der Waals surface area contributed by atoms with Crippen molar-refractivity contribution in [3.63, 3.8) is 0 Å². The SMILES string of the molecule is COc1cc(OC)cc(-c2nc(S/C(=C/c3cc([N+](=O)[O-])cc(OC)c3O)C(=O)O)n[nH]2)c1. The zero-order valence-electron chi connectivity index (χ0n) is 17.6. The number of aliphatic carboxylic acids is 1. The number of non-ortho nitro benzene ring substituents is 1. The van der Waals surface area contributed by atoms with Crippen LogP contribution in [0.25, 0.3) is 17.5 Å². The van der Waals surface area contributed by atoms with Crippen LogP contribution >= 0.6 is 11.8 Å². The molecule has 0 saturated carbocycles. The standard InChI is InChI=1S/C20H18N4O8S/c1-30-13-5-11(6-14(9-13)31-2)18-21-20(23-22-18)33-16(19(26)27)7-10-4-12(24(28)29)8-15(32-3)17(10)25/h4-9,25H,1-3H3,(H,26,27)(H,21,22,23)/b16-7+. The van der Waals surface area contributed by atoms with Gasteiger partial charge >= 0.3 is 5.97 Å². The molecule has 1 heterocycles. The molecule has 3 aromatic rings. The third kappa shape index (κ3) is 5.33. The number of carboxylic acid groups (broad SMARTS) is 1. The second kappa shape index (κ2) is 9.91. The average Bonchev–Trinajstić information content (AvgIpc) is 3.27. The highest BCUT2D eigenvalue weighted by Crippen LogP contribution is 2.38. The Labute approximate surface area is 191 Å². The van der Waals surface area contributed by atoms with E-state index in [1.807, 2.05) is 0 Å². The number of phenolic OH excluding ortho intramolecular Hbond substituents is 1. The summed E-state index contributed by atoms with van der Waals surface area (Å²) in [5.74, 6) is -0.579. The van der Waals surface area contributed by atoms with Crippen molar-refractivity contribution < 1.29 is 34.1 Å². The number of thioether (sulfide) groups is 1. The quantitative estimate of drug-likeness (QED) is 0.180. The molecule has 0 aliphatic rings. The Kier molecular flexibility index (Phi) is 7.03. The number of hydrogen-bond acceptors (Lipinski definition) is 10. The number of methoxy groups -OCH3 is 3. The Hall–Kier alpha value is -4.26. The number of nitrogens with zero attached hydrogens (tertiary/aromatic N) is 3. The van der Waals surface area contributed by atoms with Gasteiger partial charge in [0.05, 0.1) is 32.3 Å². The first-order chi connectivity index (χ1) is 15.7. The number of rotatable bonds is 9. The first kappa shape index (κ1) is 23.4. The summed E-state index contributed by atoms with van der Waals surface area (Å²) in [5.41, 5.74) is 0.101. The number of carbonyl (C=O) groups is 1. The molecule has 0 aliphatic carbocycles. The zero-order valence-corrected chi connectivity index (χ0v) is 18.4. The van der Waals surface area contributed by atoms with Crippen molar-refractivity contribution in [3.8, 4) is 34.4 Å². The first-order valence-corrected chi connectivity index (χ1v) is 9.91. The summed E-state index contributed by atoms with van der Waals surface area (Å²) in [5, 5.41) is 37.9. The van der Waals surface area contributed by atoms with Crippen molar-refractivity contribution in [3.05, 3.63) is 50.9 Å². The molecule has 0 fully saturated rings. The summed E-state index contributed by atoms with van der Waals surface area (Å²) in [6.45, 7) is 0. The van der Waals surface area contributed by atoms with Gasteiger partial charge in [0.2, 0.25) is 5.16 Å². The number of H-pyrrole nitrogens is 1. The number of aromatic amines is 1. The largest absolute Gasteiger partial charge is 0.504 e. The number of nitrogens with one attached hydrogen (secondary N) is 1. The Morgan fingerprint density at radius 2 is 1.79 bits per heavy atom. The molecule has 0 saturated heterocycles. The number of ether oxygens (including phenoxy) is 3. The summed E-state index contributed by atoms with van der Waals surface area (Å²) in [6.07, 6.45) is 1.07. The highest BCUT2D eigenvalue weighted by Gasteiger charge is 2.20. The van der Waals surface area contributed by atoms with Gasteiger partial charge in [-0.3, -0.25) is 15.2 Å².